The maximum absolute atomic E-state index is 12.2. The van der Waals surface area contributed by atoms with E-state index in [-0.39, 0.29) is 12.5 Å². The molecule has 1 aliphatic rings. The molecular weight excluding hydrogens is 328 g/mol. The standard InChI is InChI=1S/C19H22N6O/c26-19(14-25-22-16-7-1-2-8-17(16)23-25)21-12-15-6-5-11-24(13-15)18-9-3-4-10-20-18/h1-4,7-10,15H,5-6,11-14H2,(H,21,26). The Hall–Kier alpha value is -2.96. The fourth-order valence-corrected chi connectivity index (χ4v) is 3.40. The van der Waals surface area contributed by atoms with Gasteiger partial charge in [0, 0.05) is 25.8 Å². The second-order valence-electron chi connectivity index (χ2n) is 6.67. The first kappa shape index (κ1) is 16.5. The molecule has 26 heavy (non-hydrogen) atoms. The fourth-order valence-electron chi connectivity index (χ4n) is 3.40. The highest BCUT2D eigenvalue weighted by Crippen LogP contribution is 2.20. The van der Waals surface area contributed by atoms with E-state index >= 15 is 0 Å². The average molecular weight is 350 g/mol. The molecule has 0 aliphatic carbocycles. The molecule has 0 saturated carbocycles. The maximum Gasteiger partial charge on any atom is 0.243 e. The number of hydrogen-bond acceptors (Lipinski definition) is 5. The SMILES string of the molecule is O=C(Cn1nc2ccccc2n1)NCC1CCCN(c2ccccn2)C1. The molecule has 1 amide bonds. The molecule has 3 aromatic rings. The molecule has 3 heterocycles. The zero-order valence-corrected chi connectivity index (χ0v) is 14.6. The van der Waals surface area contributed by atoms with Crippen LogP contribution in [0.3, 0.4) is 0 Å². The zero-order chi connectivity index (χ0) is 17.8. The summed E-state index contributed by atoms with van der Waals surface area (Å²) in [6, 6.07) is 13.6. The van der Waals surface area contributed by atoms with Crippen LogP contribution in [0.4, 0.5) is 5.82 Å². The predicted molar refractivity (Wildman–Crippen MR) is 99.7 cm³/mol. The van der Waals surface area contributed by atoms with Gasteiger partial charge in [0.25, 0.3) is 0 Å². The van der Waals surface area contributed by atoms with E-state index in [0.29, 0.717) is 12.5 Å². The Balaban J connectivity index is 1.29. The van der Waals surface area contributed by atoms with Crippen molar-refractivity contribution in [2.75, 3.05) is 24.5 Å². The van der Waals surface area contributed by atoms with E-state index in [1.54, 1.807) is 0 Å². The quantitative estimate of drug-likeness (QED) is 0.760. The summed E-state index contributed by atoms with van der Waals surface area (Å²) in [4.78, 5) is 20.4. The van der Waals surface area contributed by atoms with Gasteiger partial charge < -0.3 is 10.2 Å². The summed E-state index contributed by atoms with van der Waals surface area (Å²) < 4.78 is 0. The summed E-state index contributed by atoms with van der Waals surface area (Å²) >= 11 is 0. The minimum atomic E-state index is -0.0553. The van der Waals surface area contributed by atoms with E-state index in [1.165, 1.54) is 4.80 Å². The molecule has 1 unspecified atom stereocenters. The first-order valence-corrected chi connectivity index (χ1v) is 9.00. The van der Waals surface area contributed by atoms with Gasteiger partial charge in [-0.15, -0.1) is 0 Å². The van der Waals surface area contributed by atoms with Crippen molar-refractivity contribution in [3.8, 4) is 0 Å². The maximum atomic E-state index is 12.2. The summed E-state index contributed by atoms with van der Waals surface area (Å²) in [5, 5.41) is 11.7. The molecule has 1 saturated heterocycles. The number of aromatic nitrogens is 4. The number of pyridine rings is 1. The summed E-state index contributed by atoms with van der Waals surface area (Å²) in [6.45, 7) is 2.75. The fraction of sp³-hybridized carbons (Fsp3) is 0.368. The van der Waals surface area contributed by atoms with E-state index in [9.17, 15) is 4.79 Å². The highest BCUT2D eigenvalue weighted by Gasteiger charge is 2.21. The largest absolute Gasteiger partial charge is 0.356 e. The lowest BCUT2D eigenvalue weighted by Gasteiger charge is -2.33. The molecule has 7 nitrogen and oxygen atoms in total. The van der Waals surface area contributed by atoms with Crippen molar-refractivity contribution < 1.29 is 4.79 Å². The topological polar surface area (TPSA) is 75.9 Å². The number of amides is 1. The van der Waals surface area contributed by atoms with Gasteiger partial charge in [0.15, 0.2) is 0 Å². The van der Waals surface area contributed by atoms with Crippen molar-refractivity contribution in [1.29, 1.82) is 0 Å². The van der Waals surface area contributed by atoms with E-state index < -0.39 is 0 Å². The number of nitrogens with one attached hydrogen (secondary N) is 1. The number of carbonyl (C=O) groups excluding carboxylic acids is 1. The Morgan fingerprint density at radius 1 is 1.12 bits per heavy atom. The number of nitrogens with zero attached hydrogens (tertiary/aromatic N) is 5. The van der Waals surface area contributed by atoms with Crippen LogP contribution in [-0.4, -0.2) is 45.5 Å². The molecule has 134 valence electrons. The number of carbonyl (C=O) groups is 1. The van der Waals surface area contributed by atoms with Crippen LogP contribution < -0.4 is 10.2 Å². The first-order chi connectivity index (χ1) is 12.8. The van der Waals surface area contributed by atoms with Crippen molar-refractivity contribution in [1.82, 2.24) is 25.3 Å². The smallest absolute Gasteiger partial charge is 0.243 e. The lowest BCUT2D eigenvalue weighted by molar-refractivity contribution is -0.122. The van der Waals surface area contributed by atoms with Gasteiger partial charge in [0.1, 0.15) is 23.4 Å². The van der Waals surface area contributed by atoms with Crippen molar-refractivity contribution >= 4 is 22.8 Å². The number of rotatable bonds is 5. The minimum absolute atomic E-state index is 0.0553. The lowest BCUT2D eigenvalue weighted by Crippen LogP contribution is -2.42. The van der Waals surface area contributed by atoms with Crippen LogP contribution in [0.1, 0.15) is 12.8 Å². The van der Waals surface area contributed by atoms with Crippen LogP contribution in [-0.2, 0) is 11.3 Å². The molecule has 1 atom stereocenters. The Morgan fingerprint density at radius 2 is 1.88 bits per heavy atom. The third kappa shape index (κ3) is 3.82. The Morgan fingerprint density at radius 3 is 2.62 bits per heavy atom. The predicted octanol–water partition coefficient (Wildman–Crippen LogP) is 1.86. The van der Waals surface area contributed by atoms with Crippen LogP contribution >= 0.6 is 0 Å². The minimum Gasteiger partial charge on any atom is -0.356 e. The monoisotopic (exact) mass is 350 g/mol. The molecule has 1 fully saturated rings. The van der Waals surface area contributed by atoms with E-state index in [2.05, 4.69) is 25.4 Å². The number of fused-ring (bicyclic) bond motifs is 1. The van der Waals surface area contributed by atoms with Crippen molar-refractivity contribution in [2.45, 2.75) is 19.4 Å². The molecule has 0 radical (unpaired) electrons. The Labute approximate surface area is 152 Å². The van der Waals surface area contributed by atoms with Gasteiger partial charge in [0.05, 0.1) is 0 Å². The first-order valence-electron chi connectivity index (χ1n) is 9.00. The summed E-state index contributed by atoms with van der Waals surface area (Å²) in [5.41, 5.74) is 1.61. The summed E-state index contributed by atoms with van der Waals surface area (Å²) in [5.74, 6) is 1.38. The van der Waals surface area contributed by atoms with E-state index in [4.69, 9.17) is 0 Å². The van der Waals surface area contributed by atoms with Crippen molar-refractivity contribution in [3.05, 3.63) is 48.7 Å². The number of hydrogen-bond donors (Lipinski definition) is 1. The average Bonchev–Trinajstić information content (AvgIpc) is 3.09. The molecule has 1 aliphatic heterocycles. The third-order valence-electron chi connectivity index (χ3n) is 4.69. The van der Waals surface area contributed by atoms with Crippen LogP contribution in [0, 0.1) is 5.92 Å². The summed E-state index contributed by atoms with van der Waals surface area (Å²) in [7, 11) is 0. The molecule has 0 bridgehead atoms. The molecule has 1 N–H and O–H groups in total. The highest BCUT2D eigenvalue weighted by atomic mass is 16.2. The second-order valence-corrected chi connectivity index (χ2v) is 6.67. The van der Waals surface area contributed by atoms with E-state index in [1.807, 2.05) is 48.7 Å². The molecular formula is C19H22N6O. The molecule has 4 rings (SSSR count). The number of piperidine rings is 1. The van der Waals surface area contributed by atoms with Gasteiger partial charge in [-0.1, -0.05) is 18.2 Å². The lowest BCUT2D eigenvalue weighted by atomic mass is 9.98. The van der Waals surface area contributed by atoms with Crippen molar-refractivity contribution in [2.24, 2.45) is 5.92 Å². The zero-order valence-electron chi connectivity index (χ0n) is 14.6. The second kappa shape index (κ2) is 7.51. The highest BCUT2D eigenvalue weighted by molar-refractivity contribution is 5.77. The van der Waals surface area contributed by atoms with Gasteiger partial charge in [-0.2, -0.15) is 15.0 Å². The van der Waals surface area contributed by atoms with E-state index in [0.717, 1.165) is 42.8 Å². The van der Waals surface area contributed by atoms with Crippen LogP contribution in [0.25, 0.3) is 11.0 Å². The molecule has 0 spiro atoms. The van der Waals surface area contributed by atoms with Crippen LogP contribution in [0.2, 0.25) is 0 Å². The number of anilines is 1. The molecule has 1 aromatic carbocycles. The van der Waals surface area contributed by atoms with Gasteiger partial charge in [-0.3, -0.25) is 4.79 Å². The summed E-state index contributed by atoms with van der Waals surface area (Å²) in [6.07, 6.45) is 4.05. The molecule has 7 heteroatoms. The van der Waals surface area contributed by atoms with Gasteiger partial charge in [0.2, 0.25) is 5.91 Å². The molecule has 2 aromatic heterocycles. The number of benzene rings is 1. The van der Waals surface area contributed by atoms with Crippen LogP contribution in [0.15, 0.2) is 48.7 Å². The Bertz CT molecular complexity index is 845. The van der Waals surface area contributed by atoms with Crippen molar-refractivity contribution in [3.63, 3.8) is 0 Å². The Kier molecular flexibility index (Phi) is 4.77. The van der Waals surface area contributed by atoms with Gasteiger partial charge >= 0.3 is 0 Å². The van der Waals surface area contributed by atoms with Crippen LogP contribution in [0.5, 0.6) is 0 Å². The third-order valence-corrected chi connectivity index (χ3v) is 4.69. The van der Waals surface area contributed by atoms with Gasteiger partial charge in [-0.05, 0) is 43.0 Å². The van der Waals surface area contributed by atoms with Gasteiger partial charge in [-0.25, -0.2) is 4.98 Å². The normalized spacial score (nSPS) is 17.4.